The van der Waals surface area contributed by atoms with Crippen LogP contribution in [0.2, 0.25) is 0 Å². The maximum Gasteiger partial charge on any atom is 0.339 e. The van der Waals surface area contributed by atoms with E-state index in [4.69, 9.17) is 4.74 Å². The molecule has 2 heterocycles. The highest BCUT2D eigenvalue weighted by Gasteiger charge is 2.10. The minimum atomic E-state index is -0.356. The number of thiophene rings is 1. The summed E-state index contributed by atoms with van der Waals surface area (Å²) in [5, 5.41) is 3.27. The van der Waals surface area contributed by atoms with Crippen molar-refractivity contribution >= 4 is 23.1 Å². The van der Waals surface area contributed by atoms with E-state index in [1.165, 1.54) is 22.4 Å². The van der Waals surface area contributed by atoms with Crippen molar-refractivity contribution in [3.8, 4) is 0 Å². The molecule has 2 aromatic rings. The predicted molar refractivity (Wildman–Crippen MR) is 81.4 cm³/mol. The summed E-state index contributed by atoms with van der Waals surface area (Å²) >= 11 is 1.79. The topological polar surface area (TPSA) is 51.2 Å². The maximum absolute atomic E-state index is 11.5. The summed E-state index contributed by atoms with van der Waals surface area (Å²) in [6, 6.07) is 5.72. The van der Waals surface area contributed by atoms with Gasteiger partial charge in [-0.1, -0.05) is 0 Å². The first kappa shape index (κ1) is 14.5. The molecule has 0 radical (unpaired) electrons. The number of hydrogen-bond acceptors (Lipinski definition) is 5. The number of nitrogens with zero attached hydrogens (tertiary/aromatic N) is 1. The SMILES string of the molecule is COC(=O)c1ccc(NCc2cc(C)c(C)s2)nc1C. The molecule has 1 N–H and O–H groups in total. The number of pyridine rings is 1. The van der Waals surface area contributed by atoms with Crippen molar-refractivity contribution < 1.29 is 9.53 Å². The molecule has 0 aliphatic carbocycles. The molecule has 0 amide bonds. The molecule has 20 heavy (non-hydrogen) atoms. The van der Waals surface area contributed by atoms with Crippen LogP contribution in [0.1, 0.15) is 31.4 Å². The second-order valence-electron chi connectivity index (χ2n) is 4.63. The van der Waals surface area contributed by atoms with Gasteiger partial charge in [0, 0.05) is 9.75 Å². The zero-order chi connectivity index (χ0) is 14.7. The lowest BCUT2D eigenvalue weighted by Gasteiger charge is -2.07. The van der Waals surface area contributed by atoms with Crippen molar-refractivity contribution in [2.45, 2.75) is 27.3 Å². The minimum Gasteiger partial charge on any atom is -0.465 e. The molecule has 0 aromatic carbocycles. The standard InChI is InChI=1S/C15H18N2O2S/c1-9-7-12(20-11(9)3)8-16-14-6-5-13(10(2)17-14)15(18)19-4/h5-7H,8H2,1-4H3,(H,16,17). The molecule has 0 saturated carbocycles. The van der Waals surface area contributed by atoms with Gasteiger partial charge in [0.1, 0.15) is 5.82 Å². The highest BCUT2D eigenvalue weighted by Crippen LogP contribution is 2.21. The fourth-order valence-electron chi connectivity index (χ4n) is 1.90. The first-order chi connectivity index (χ1) is 9.51. The molecule has 2 rings (SSSR count). The normalized spacial score (nSPS) is 10.4. The Balaban J connectivity index is 2.07. The van der Waals surface area contributed by atoms with Crippen molar-refractivity contribution in [1.82, 2.24) is 4.98 Å². The van der Waals surface area contributed by atoms with Gasteiger partial charge in [-0.15, -0.1) is 11.3 Å². The van der Waals surface area contributed by atoms with Crippen LogP contribution in [0, 0.1) is 20.8 Å². The summed E-state index contributed by atoms with van der Waals surface area (Å²) < 4.78 is 4.70. The van der Waals surface area contributed by atoms with Gasteiger partial charge in [-0.05, 0) is 44.5 Å². The number of aryl methyl sites for hydroxylation is 3. The van der Waals surface area contributed by atoms with Gasteiger partial charge in [0.2, 0.25) is 0 Å². The third kappa shape index (κ3) is 3.17. The fraction of sp³-hybridized carbons (Fsp3) is 0.333. The first-order valence-corrected chi connectivity index (χ1v) is 7.18. The fourth-order valence-corrected chi connectivity index (χ4v) is 2.89. The highest BCUT2D eigenvalue weighted by atomic mass is 32.1. The molecule has 0 unspecified atom stereocenters. The van der Waals surface area contributed by atoms with E-state index in [1.54, 1.807) is 30.4 Å². The predicted octanol–water partition coefficient (Wildman–Crippen LogP) is 3.47. The van der Waals surface area contributed by atoms with E-state index in [9.17, 15) is 4.79 Å². The second kappa shape index (κ2) is 6.05. The third-order valence-electron chi connectivity index (χ3n) is 3.15. The Hall–Kier alpha value is -1.88. The second-order valence-corrected chi connectivity index (χ2v) is 5.97. The lowest BCUT2D eigenvalue weighted by atomic mass is 10.2. The van der Waals surface area contributed by atoms with E-state index in [0.29, 0.717) is 11.3 Å². The summed E-state index contributed by atoms with van der Waals surface area (Å²) in [5.74, 6) is 0.407. The van der Waals surface area contributed by atoms with Crippen LogP contribution < -0.4 is 5.32 Å². The average Bonchev–Trinajstić information content (AvgIpc) is 2.75. The molecule has 0 aliphatic heterocycles. The number of carbonyl (C=O) groups excluding carboxylic acids is 1. The van der Waals surface area contributed by atoms with Crippen molar-refractivity contribution in [2.75, 3.05) is 12.4 Å². The van der Waals surface area contributed by atoms with Crippen LogP contribution in [-0.4, -0.2) is 18.1 Å². The number of methoxy groups -OCH3 is 1. The molecule has 0 bridgehead atoms. The Morgan fingerprint density at radius 3 is 2.65 bits per heavy atom. The van der Waals surface area contributed by atoms with Gasteiger partial charge in [-0.3, -0.25) is 0 Å². The number of nitrogens with one attached hydrogen (secondary N) is 1. The summed E-state index contributed by atoms with van der Waals surface area (Å²) in [4.78, 5) is 18.5. The molecular formula is C15H18N2O2S. The summed E-state index contributed by atoms with van der Waals surface area (Å²) in [7, 11) is 1.37. The van der Waals surface area contributed by atoms with E-state index >= 15 is 0 Å². The van der Waals surface area contributed by atoms with Crippen LogP contribution in [0.4, 0.5) is 5.82 Å². The average molecular weight is 290 g/mol. The molecule has 0 aliphatic rings. The number of ether oxygens (including phenoxy) is 1. The monoisotopic (exact) mass is 290 g/mol. The van der Waals surface area contributed by atoms with Gasteiger partial charge < -0.3 is 10.1 Å². The van der Waals surface area contributed by atoms with Gasteiger partial charge >= 0.3 is 5.97 Å². The Bertz CT molecular complexity index is 615. The number of rotatable bonds is 4. The van der Waals surface area contributed by atoms with Gasteiger partial charge in [0.05, 0.1) is 24.9 Å². The zero-order valence-corrected chi connectivity index (χ0v) is 12.9. The molecule has 0 fully saturated rings. The smallest absolute Gasteiger partial charge is 0.339 e. The molecule has 4 nitrogen and oxygen atoms in total. The minimum absolute atomic E-state index is 0.356. The van der Waals surface area contributed by atoms with E-state index < -0.39 is 0 Å². The molecule has 2 aromatic heterocycles. The van der Waals surface area contributed by atoms with Crippen molar-refractivity contribution in [3.05, 3.63) is 44.8 Å². The van der Waals surface area contributed by atoms with Gasteiger partial charge in [-0.25, -0.2) is 9.78 Å². The van der Waals surface area contributed by atoms with Crippen molar-refractivity contribution in [2.24, 2.45) is 0 Å². The quantitative estimate of drug-likeness (QED) is 0.876. The molecular weight excluding hydrogens is 272 g/mol. The van der Waals surface area contributed by atoms with Gasteiger partial charge in [0.15, 0.2) is 0 Å². The third-order valence-corrected chi connectivity index (χ3v) is 4.30. The van der Waals surface area contributed by atoms with Gasteiger partial charge in [0.25, 0.3) is 0 Å². The Kier molecular flexibility index (Phi) is 4.39. The van der Waals surface area contributed by atoms with Crippen molar-refractivity contribution in [1.29, 1.82) is 0 Å². The van der Waals surface area contributed by atoms with Crippen LogP contribution in [-0.2, 0) is 11.3 Å². The van der Waals surface area contributed by atoms with E-state index in [1.807, 2.05) is 0 Å². The molecule has 0 atom stereocenters. The van der Waals surface area contributed by atoms with Crippen LogP contribution >= 0.6 is 11.3 Å². The Morgan fingerprint density at radius 2 is 2.10 bits per heavy atom. The largest absolute Gasteiger partial charge is 0.465 e. The molecule has 0 saturated heterocycles. The number of hydrogen-bond donors (Lipinski definition) is 1. The van der Waals surface area contributed by atoms with E-state index in [0.717, 1.165) is 12.4 Å². The first-order valence-electron chi connectivity index (χ1n) is 6.37. The zero-order valence-electron chi connectivity index (χ0n) is 12.1. The molecule has 5 heteroatoms. The molecule has 106 valence electrons. The van der Waals surface area contributed by atoms with Crippen LogP contribution in [0.5, 0.6) is 0 Å². The van der Waals surface area contributed by atoms with E-state index in [-0.39, 0.29) is 5.97 Å². The summed E-state index contributed by atoms with van der Waals surface area (Å²) in [6.45, 7) is 6.78. The number of carbonyl (C=O) groups is 1. The summed E-state index contributed by atoms with van der Waals surface area (Å²) in [6.07, 6.45) is 0. The lowest BCUT2D eigenvalue weighted by molar-refractivity contribution is 0.0599. The molecule has 0 spiro atoms. The highest BCUT2D eigenvalue weighted by molar-refractivity contribution is 7.12. The van der Waals surface area contributed by atoms with E-state index in [2.05, 4.69) is 30.2 Å². The van der Waals surface area contributed by atoms with Gasteiger partial charge in [-0.2, -0.15) is 0 Å². The number of anilines is 1. The van der Waals surface area contributed by atoms with Crippen LogP contribution in [0.3, 0.4) is 0 Å². The maximum atomic E-state index is 11.5. The van der Waals surface area contributed by atoms with Crippen molar-refractivity contribution in [3.63, 3.8) is 0 Å². The number of esters is 1. The lowest BCUT2D eigenvalue weighted by Crippen LogP contribution is -2.07. The Morgan fingerprint density at radius 1 is 1.35 bits per heavy atom. The van der Waals surface area contributed by atoms with Crippen LogP contribution in [0.15, 0.2) is 18.2 Å². The number of aromatic nitrogens is 1. The summed E-state index contributed by atoms with van der Waals surface area (Å²) in [5.41, 5.74) is 2.48. The van der Waals surface area contributed by atoms with Crippen LogP contribution in [0.25, 0.3) is 0 Å². The Labute approximate surface area is 122 Å².